The second kappa shape index (κ2) is 18.5. The zero-order valence-corrected chi connectivity index (χ0v) is 31.8. The first kappa shape index (κ1) is 41.3. The molecule has 4 atom stereocenters. The summed E-state index contributed by atoms with van der Waals surface area (Å²) in [5, 5.41) is 5.52. The molecule has 2 N–H and O–H groups in total. The van der Waals surface area contributed by atoms with Crippen LogP contribution in [0.2, 0.25) is 0 Å². The molecule has 0 spiro atoms. The van der Waals surface area contributed by atoms with Crippen molar-refractivity contribution in [2.75, 3.05) is 42.0 Å². The normalized spacial score (nSPS) is 16.9. The summed E-state index contributed by atoms with van der Waals surface area (Å²) in [4.78, 5) is 81.3. The Labute approximate surface area is 315 Å². The molecule has 0 saturated carbocycles. The van der Waals surface area contributed by atoms with E-state index in [1.165, 1.54) is 38.0 Å². The molecule has 0 fully saturated rings. The molecular weight excluding hydrogens is 696 g/mol. The predicted octanol–water partition coefficient (Wildman–Crippen LogP) is 5.26. The molecule has 1 unspecified atom stereocenters. The largest absolute Gasteiger partial charge is 0.493 e. The topological polar surface area (TPSA) is 170 Å². The molecule has 14 heteroatoms. The molecule has 4 rings (SSSR count). The van der Waals surface area contributed by atoms with Crippen molar-refractivity contribution in [2.45, 2.75) is 78.6 Å². The monoisotopic (exact) mass is 746 g/mol. The summed E-state index contributed by atoms with van der Waals surface area (Å²) in [6, 6.07) is 6.77. The number of ketones is 1. The van der Waals surface area contributed by atoms with Gasteiger partial charge in [-0.15, -0.1) is 0 Å². The number of hydrogen-bond acceptors (Lipinski definition) is 10. The maximum absolute atomic E-state index is 14.6. The lowest BCUT2D eigenvalue weighted by Crippen LogP contribution is -2.53. The number of anilines is 3. The number of amides is 4. The number of fused-ring (bicyclic) bond motifs is 4. The van der Waals surface area contributed by atoms with E-state index in [4.69, 9.17) is 18.9 Å². The highest BCUT2D eigenvalue weighted by Gasteiger charge is 2.48. The van der Waals surface area contributed by atoms with Crippen molar-refractivity contribution in [3.63, 3.8) is 0 Å². The van der Waals surface area contributed by atoms with Gasteiger partial charge in [-0.3, -0.25) is 24.1 Å². The van der Waals surface area contributed by atoms with Crippen LogP contribution < -0.4 is 25.2 Å². The molecule has 4 amide bonds. The molecule has 0 aromatic heterocycles. The highest BCUT2D eigenvalue weighted by molar-refractivity contribution is 6.15. The number of ether oxygens (including phenoxy) is 4. The Bertz CT molecular complexity index is 1790. The van der Waals surface area contributed by atoms with E-state index >= 15 is 0 Å². The van der Waals surface area contributed by atoms with Crippen LogP contribution in [-0.2, 0) is 39.8 Å². The van der Waals surface area contributed by atoms with Gasteiger partial charge in [0.15, 0.2) is 6.23 Å². The van der Waals surface area contributed by atoms with Crippen LogP contribution in [0.5, 0.6) is 5.75 Å². The van der Waals surface area contributed by atoms with Crippen molar-refractivity contribution >= 4 is 52.6 Å². The number of esters is 1. The average molecular weight is 747 g/mol. The zero-order chi connectivity index (χ0) is 39.7. The molecule has 54 heavy (non-hydrogen) atoms. The lowest BCUT2D eigenvalue weighted by atomic mass is 9.91. The lowest BCUT2D eigenvalue weighted by Gasteiger charge is -2.34. The Hall–Kier alpha value is -5.50. The van der Waals surface area contributed by atoms with Gasteiger partial charge in [0.25, 0.3) is 5.91 Å². The number of nitrogens with one attached hydrogen (secondary N) is 2. The van der Waals surface area contributed by atoms with Crippen molar-refractivity contribution in [1.29, 1.82) is 0 Å². The summed E-state index contributed by atoms with van der Waals surface area (Å²) in [6.07, 6.45) is 2.15. The van der Waals surface area contributed by atoms with Crippen molar-refractivity contribution in [3.8, 4) is 5.75 Å². The number of carbonyl (C=O) groups excluding carboxylic acids is 6. The minimum atomic E-state index is -0.996. The third-order valence-electron chi connectivity index (χ3n) is 9.29. The molecule has 2 heterocycles. The van der Waals surface area contributed by atoms with Gasteiger partial charge in [-0.25, -0.2) is 9.69 Å². The fraction of sp³-hybridized carbons (Fsp3) is 0.450. The van der Waals surface area contributed by atoms with Crippen LogP contribution >= 0.6 is 0 Å². The van der Waals surface area contributed by atoms with Crippen molar-refractivity contribution in [2.24, 2.45) is 11.8 Å². The third kappa shape index (κ3) is 9.53. The van der Waals surface area contributed by atoms with Gasteiger partial charge in [-0.05, 0) is 68.9 Å². The first-order valence-electron chi connectivity index (χ1n) is 17.9. The van der Waals surface area contributed by atoms with Crippen molar-refractivity contribution in [1.82, 2.24) is 5.32 Å². The Morgan fingerprint density at radius 3 is 2.33 bits per heavy atom. The molecule has 2 aliphatic heterocycles. The number of benzene rings is 2. The number of nitrogens with zero attached hydrogens (tertiary/aromatic N) is 2. The molecule has 0 aliphatic carbocycles. The number of methoxy groups -OCH3 is 1. The van der Waals surface area contributed by atoms with Gasteiger partial charge in [0.2, 0.25) is 11.8 Å². The molecule has 14 nitrogen and oxygen atoms in total. The number of rotatable bonds is 17. The van der Waals surface area contributed by atoms with Gasteiger partial charge in [-0.2, -0.15) is 0 Å². The van der Waals surface area contributed by atoms with Gasteiger partial charge in [0.05, 0.1) is 36.2 Å². The van der Waals surface area contributed by atoms with Crippen LogP contribution in [0.1, 0.15) is 68.4 Å². The maximum Gasteiger partial charge on any atom is 0.416 e. The highest BCUT2D eigenvalue weighted by Crippen LogP contribution is 2.44. The van der Waals surface area contributed by atoms with Crippen molar-refractivity contribution < 1.29 is 47.7 Å². The molecule has 0 bridgehead atoms. The first-order chi connectivity index (χ1) is 25.7. The van der Waals surface area contributed by atoms with E-state index in [0.29, 0.717) is 42.0 Å². The average Bonchev–Trinajstić information content (AvgIpc) is 3.46. The predicted molar refractivity (Wildman–Crippen MR) is 202 cm³/mol. The number of Topliss-reactive ketones (excluding diaryl/α,β-unsaturated/α-hetero) is 1. The molecule has 2 aromatic carbocycles. The minimum absolute atomic E-state index is 0.0351. The fourth-order valence-corrected chi connectivity index (χ4v) is 6.49. The van der Waals surface area contributed by atoms with Crippen LogP contribution in [0.4, 0.5) is 21.9 Å². The van der Waals surface area contributed by atoms with E-state index in [2.05, 4.69) is 23.8 Å². The summed E-state index contributed by atoms with van der Waals surface area (Å²) in [5.74, 6) is -2.36. The first-order valence-corrected chi connectivity index (χ1v) is 17.9. The summed E-state index contributed by atoms with van der Waals surface area (Å²) in [5.41, 5.74) is 2.73. The summed E-state index contributed by atoms with van der Waals surface area (Å²) < 4.78 is 22.5. The molecule has 0 saturated heterocycles. The zero-order valence-electron chi connectivity index (χ0n) is 31.8. The SMILES string of the molecule is C=CCOC(=O)C[C@H](C(=O)N[C@@H](C)C(=O)Nc1ccc2c(c1)N1C(=O)c3cc(C)c(OCCCC(C)=O)cc3N(C(=O)OCC=C)C(OC)[C@@H]1C2)C(C)C. The van der Waals surface area contributed by atoms with Gasteiger partial charge in [0.1, 0.15) is 30.8 Å². The Balaban J connectivity index is 1.62. The highest BCUT2D eigenvalue weighted by atomic mass is 16.6. The molecular formula is C40H50N4O10. The quantitative estimate of drug-likeness (QED) is 0.124. The fourth-order valence-electron chi connectivity index (χ4n) is 6.49. The van der Waals surface area contributed by atoms with Crippen LogP contribution in [-0.4, -0.2) is 80.8 Å². The smallest absolute Gasteiger partial charge is 0.416 e. The second-order valence-corrected chi connectivity index (χ2v) is 13.7. The van der Waals surface area contributed by atoms with Gasteiger partial charge >= 0.3 is 12.1 Å². The molecule has 290 valence electrons. The summed E-state index contributed by atoms with van der Waals surface area (Å²) in [7, 11) is 1.44. The number of carbonyl (C=O) groups is 6. The summed E-state index contributed by atoms with van der Waals surface area (Å²) in [6.45, 7) is 15.8. The molecule has 2 aliphatic rings. The van der Waals surface area contributed by atoms with Crippen LogP contribution in [0, 0.1) is 18.8 Å². The Kier molecular flexibility index (Phi) is 14.1. The molecule has 2 aromatic rings. The summed E-state index contributed by atoms with van der Waals surface area (Å²) >= 11 is 0. The van der Waals surface area contributed by atoms with Crippen LogP contribution in [0.25, 0.3) is 0 Å². The van der Waals surface area contributed by atoms with E-state index in [0.717, 1.165) is 5.56 Å². The van der Waals surface area contributed by atoms with Crippen molar-refractivity contribution in [3.05, 3.63) is 72.3 Å². The van der Waals surface area contributed by atoms with Crippen LogP contribution in [0.15, 0.2) is 55.6 Å². The van der Waals surface area contributed by atoms with Gasteiger partial charge < -0.3 is 34.4 Å². The van der Waals surface area contributed by atoms with Gasteiger partial charge in [-0.1, -0.05) is 45.2 Å². The van der Waals surface area contributed by atoms with E-state index in [1.54, 1.807) is 56.0 Å². The standard InChI is InChI=1S/C40H50N4O10/c1-9-15-53-35(46)21-29(23(3)4)37(48)41-26(7)36(47)42-28-14-13-27-19-33-39(51-8)44(40(50)54-16-10-2)32-22-34(52-17-11-12-25(6)45)24(5)18-30(32)38(49)43(33)31(27)20-28/h9-10,13-14,18,20,22-23,26,29,33,39H,1-2,11-12,15-17,19,21H2,3-8H3,(H,41,48)(H,42,47)/t26-,29-,33-,39?/m0/s1. The van der Waals surface area contributed by atoms with E-state index in [-0.39, 0.29) is 49.2 Å². The second-order valence-electron chi connectivity index (χ2n) is 13.7. The Morgan fingerprint density at radius 2 is 1.69 bits per heavy atom. The third-order valence-corrected chi connectivity index (χ3v) is 9.29. The number of aryl methyl sites for hydroxylation is 1. The number of hydrogen-bond donors (Lipinski definition) is 2. The Morgan fingerprint density at radius 1 is 0.981 bits per heavy atom. The molecule has 0 radical (unpaired) electrons. The maximum atomic E-state index is 14.6. The van der Waals surface area contributed by atoms with Gasteiger partial charge in [0, 0.05) is 31.0 Å². The van der Waals surface area contributed by atoms with E-state index in [1.807, 2.05) is 0 Å². The van der Waals surface area contributed by atoms with Crippen LogP contribution in [0.3, 0.4) is 0 Å². The lowest BCUT2D eigenvalue weighted by molar-refractivity contribution is -0.146. The minimum Gasteiger partial charge on any atom is -0.493 e. The van der Waals surface area contributed by atoms with E-state index in [9.17, 15) is 28.8 Å². The van der Waals surface area contributed by atoms with E-state index < -0.39 is 54.0 Å².